The number of rotatable bonds is 9. The Labute approximate surface area is 220 Å². The maximum atomic E-state index is 13.3. The number of benzene rings is 2. The van der Waals surface area contributed by atoms with Crippen LogP contribution in [0.2, 0.25) is 0 Å². The lowest BCUT2D eigenvalue weighted by atomic mass is 10.1. The van der Waals surface area contributed by atoms with E-state index in [2.05, 4.69) is 9.88 Å². The predicted molar refractivity (Wildman–Crippen MR) is 144 cm³/mol. The van der Waals surface area contributed by atoms with Gasteiger partial charge in [0, 0.05) is 37.4 Å². The minimum Gasteiger partial charge on any atom is -0.350 e. The van der Waals surface area contributed by atoms with Crippen LogP contribution in [0.5, 0.6) is 0 Å². The average Bonchev–Trinajstić information content (AvgIpc) is 2.89. The standard InChI is InChI=1S/C26H32ClN4O5P/c1-19-14-31(26(33)28-25(19)32)24-17-30(15-21-10-6-4-7-11-21)16-23(36-24)18-35-37(27,34)29(3)20(2)22-12-8-5-9-13-22/h4-14,20,23-24H,15-18H2,1-3H3,(H,28,32,33)/t20-,23-,24+,37?/m0/s1. The number of aryl methyl sites for hydroxylation is 1. The first kappa shape index (κ1) is 27.5. The fourth-order valence-corrected chi connectivity index (χ4v) is 5.97. The molecule has 0 saturated carbocycles. The Kier molecular flexibility index (Phi) is 8.85. The molecule has 0 amide bonds. The summed E-state index contributed by atoms with van der Waals surface area (Å²) in [5.41, 5.74) is 1.48. The molecule has 37 heavy (non-hydrogen) atoms. The average molecular weight is 547 g/mol. The topological polar surface area (TPSA) is 96.9 Å². The fraction of sp³-hybridized carbons (Fsp3) is 0.385. The number of halogens is 1. The van der Waals surface area contributed by atoms with Crippen molar-refractivity contribution in [2.45, 2.75) is 38.8 Å². The van der Waals surface area contributed by atoms with Crippen LogP contribution < -0.4 is 11.2 Å². The van der Waals surface area contributed by atoms with E-state index in [1.807, 2.05) is 67.6 Å². The lowest BCUT2D eigenvalue weighted by Gasteiger charge is -2.39. The molecule has 0 aliphatic carbocycles. The highest BCUT2D eigenvalue weighted by molar-refractivity contribution is 7.83. The van der Waals surface area contributed by atoms with E-state index < -0.39 is 30.5 Å². The van der Waals surface area contributed by atoms with Gasteiger partial charge in [-0.1, -0.05) is 60.7 Å². The molecule has 4 atom stereocenters. The maximum absolute atomic E-state index is 13.3. The molecular formula is C26H32ClN4O5P. The van der Waals surface area contributed by atoms with Crippen LogP contribution >= 0.6 is 18.1 Å². The number of H-pyrrole nitrogens is 1. The summed E-state index contributed by atoms with van der Waals surface area (Å²) in [7, 11) is 1.67. The number of nitrogens with zero attached hydrogens (tertiary/aromatic N) is 3. The molecule has 1 N–H and O–H groups in total. The van der Waals surface area contributed by atoms with Gasteiger partial charge in [0.25, 0.3) is 5.56 Å². The van der Waals surface area contributed by atoms with Crippen LogP contribution in [0.1, 0.15) is 35.9 Å². The summed E-state index contributed by atoms with van der Waals surface area (Å²) in [6, 6.07) is 19.3. The molecule has 9 nitrogen and oxygen atoms in total. The lowest BCUT2D eigenvalue weighted by Crippen LogP contribution is -2.49. The second kappa shape index (κ2) is 11.9. The van der Waals surface area contributed by atoms with E-state index in [1.54, 1.807) is 14.0 Å². The number of nitrogens with one attached hydrogen (secondary N) is 1. The van der Waals surface area contributed by atoms with Crippen molar-refractivity contribution in [2.24, 2.45) is 0 Å². The first-order chi connectivity index (χ1) is 17.6. The van der Waals surface area contributed by atoms with Crippen LogP contribution in [0.3, 0.4) is 0 Å². The first-order valence-corrected chi connectivity index (χ1v) is 14.6. The molecule has 1 unspecified atom stereocenters. The summed E-state index contributed by atoms with van der Waals surface area (Å²) in [6.07, 6.45) is 0.302. The van der Waals surface area contributed by atoms with Crippen molar-refractivity contribution in [3.05, 3.63) is 104 Å². The number of aromatic nitrogens is 2. The quantitative estimate of drug-likeness (QED) is 0.400. The molecule has 4 rings (SSSR count). The van der Waals surface area contributed by atoms with Crippen molar-refractivity contribution in [3.8, 4) is 0 Å². The van der Waals surface area contributed by atoms with Gasteiger partial charge < -0.3 is 9.26 Å². The third-order valence-electron chi connectivity index (χ3n) is 6.57. The van der Waals surface area contributed by atoms with Gasteiger partial charge in [-0.2, -0.15) is 0 Å². The zero-order valence-corrected chi connectivity index (χ0v) is 22.8. The smallest absolute Gasteiger partial charge is 0.350 e. The second-order valence-corrected chi connectivity index (χ2v) is 12.4. The summed E-state index contributed by atoms with van der Waals surface area (Å²) < 4.78 is 28.2. The molecule has 0 radical (unpaired) electrons. The minimum atomic E-state index is -3.68. The molecule has 2 heterocycles. The molecule has 1 aromatic heterocycles. The van der Waals surface area contributed by atoms with Gasteiger partial charge in [0.05, 0.1) is 12.7 Å². The van der Waals surface area contributed by atoms with Crippen LogP contribution in [0.25, 0.3) is 0 Å². The molecule has 1 fully saturated rings. The van der Waals surface area contributed by atoms with Crippen LogP contribution in [-0.2, 0) is 20.4 Å². The number of hydrogen-bond donors (Lipinski definition) is 1. The number of hydrogen-bond acceptors (Lipinski definition) is 6. The van der Waals surface area contributed by atoms with Crippen LogP contribution in [0, 0.1) is 6.92 Å². The molecule has 2 aromatic carbocycles. The zero-order valence-electron chi connectivity index (χ0n) is 21.1. The molecule has 0 spiro atoms. The summed E-state index contributed by atoms with van der Waals surface area (Å²) in [5, 5.41) is 0. The van der Waals surface area contributed by atoms with E-state index in [0.29, 0.717) is 25.2 Å². The molecule has 0 bridgehead atoms. The lowest BCUT2D eigenvalue weighted by molar-refractivity contribution is -0.135. The normalized spacial score (nSPS) is 21.0. The highest BCUT2D eigenvalue weighted by Crippen LogP contribution is 2.58. The molecule has 1 saturated heterocycles. The third kappa shape index (κ3) is 6.87. The maximum Gasteiger partial charge on any atom is 0.363 e. The van der Waals surface area contributed by atoms with Crippen LogP contribution in [-0.4, -0.2) is 52.0 Å². The molecule has 1 aliphatic rings. The Hall–Kier alpha value is -2.52. The van der Waals surface area contributed by atoms with Crippen molar-refractivity contribution >= 4 is 18.1 Å². The van der Waals surface area contributed by atoms with Crippen molar-refractivity contribution in [2.75, 3.05) is 26.7 Å². The van der Waals surface area contributed by atoms with Gasteiger partial charge in [0.2, 0.25) is 0 Å². The summed E-state index contributed by atoms with van der Waals surface area (Å²) in [4.78, 5) is 28.9. The molecule has 3 aromatic rings. The van der Waals surface area contributed by atoms with Gasteiger partial charge >= 0.3 is 12.6 Å². The van der Waals surface area contributed by atoms with Crippen molar-refractivity contribution in [3.63, 3.8) is 0 Å². The van der Waals surface area contributed by atoms with E-state index in [-0.39, 0.29) is 12.6 Å². The predicted octanol–water partition coefficient (Wildman–Crippen LogP) is 4.30. The summed E-state index contributed by atoms with van der Waals surface area (Å²) in [5.74, 6) is 0. The number of morpholine rings is 1. The van der Waals surface area contributed by atoms with E-state index in [4.69, 9.17) is 20.5 Å². The van der Waals surface area contributed by atoms with Crippen LogP contribution in [0.4, 0.5) is 0 Å². The van der Waals surface area contributed by atoms with Gasteiger partial charge in [-0.15, -0.1) is 0 Å². The number of ether oxygens (including phenoxy) is 1. The third-order valence-corrected chi connectivity index (χ3v) is 9.15. The Morgan fingerprint density at radius 2 is 1.78 bits per heavy atom. The molecule has 11 heteroatoms. The Morgan fingerprint density at radius 1 is 1.14 bits per heavy atom. The van der Waals surface area contributed by atoms with Gasteiger partial charge in [0.15, 0.2) is 6.23 Å². The molecule has 1 aliphatic heterocycles. The zero-order chi connectivity index (χ0) is 26.6. The number of aromatic amines is 1. The van der Waals surface area contributed by atoms with Crippen molar-refractivity contribution < 1.29 is 13.8 Å². The van der Waals surface area contributed by atoms with Crippen LogP contribution in [0.15, 0.2) is 76.4 Å². The van der Waals surface area contributed by atoms with E-state index in [9.17, 15) is 14.2 Å². The minimum absolute atomic E-state index is 0.0362. The highest BCUT2D eigenvalue weighted by atomic mass is 35.7. The first-order valence-electron chi connectivity index (χ1n) is 12.1. The van der Waals surface area contributed by atoms with E-state index in [1.165, 1.54) is 15.4 Å². The monoisotopic (exact) mass is 546 g/mol. The Bertz CT molecular complexity index is 1350. The van der Waals surface area contributed by atoms with Gasteiger partial charge in [-0.05, 0) is 43.3 Å². The second-order valence-electron chi connectivity index (χ2n) is 9.28. The van der Waals surface area contributed by atoms with E-state index >= 15 is 0 Å². The van der Waals surface area contributed by atoms with Gasteiger partial charge in [-0.25, -0.2) is 9.46 Å². The molecule has 198 valence electrons. The Morgan fingerprint density at radius 3 is 2.46 bits per heavy atom. The van der Waals surface area contributed by atoms with Gasteiger partial charge in [-0.3, -0.25) is 23.8 Å². The summed E-state index contributed by atoms with van der Waals surface area (Å²) in [6.45, 7) is 1.35. The van der Waals surface area contributed by atoms with Crippen molar-refractivity contribution in [1.29, 1.82) is 0 Å². The van der Waals surface area contributed by atoms with E-state index in [0.717, 1.165) is 11.1 Å². The van der Waals surface area contributed by atoms with Gasteiger partial charge in [0.1, 0.15) is 0 Å². The molecular weight excluding hydrogens is 515 g/mol. The van der Waals surface area contributed by atoms with Crippen molar-refractivity contribution in [1.82, 2.24) is 19.1 Å². The SMILES string of the molecule is Cc1cn([C@H]2CN(Cc3ccccc3)C[C@@H](COP(=O)(Cl)N(C)[C@@H](C)c3ccccc3)O2)c(=O)[nH]c1=O. The largest absolute Gasteiger partial charge is 0.363 e. The highest BCUT2D eigenvalue weighted by Gasteiger charge is 2.35. The summed E-state index contributed by atoms with van der Waals surface area (Å²) >= 11 is 6.43. The fourth-order valence-electron chi connectivity index (χ4n) is 4.33. The Balaban J connectivity index is 1.51.